The zero-order chi connectivity index (χ0) is 29.3. The summed E-state index contributed by atoms with van der Waals surface area (Å²) in [7, 11) is -17.0. The number of amides is 1. The number of hydrogen-bond donors (Lipinski definition) is 5. The lowest BCUT2D eigenvalue weighted by Crippen LogP contribution is -2.34. The minimum atomic E-state index is -5.79. The zero-order valence-electron chi connectivity index (χ0n) is 20.0. The third kappa shape index (κ3) is 7.42. The average Bonchev–Trinajstić information content (AvgIpc) is 3.41. The van der Waals surface area contributed by atoms with E-state index in [0.29, 0.717) is 5.56 Å². The molecule has 0 saturated carbocycles. The van der Waals surface area contributed by atoms with Gasteiger partial charge in [-0.1, -0.05) is 18.2 Å². The van der Waals surface area contributed by atoms with Gasteiger partial charge in [-0.05, 0) is 12.1 Å². The van der Waals surface area contributed by atoms with Crippen molar-refractivity contribution in [3.05, 3.63) is 48.5 Å². The maximum Gasteiger partial charge on any atom is 0.490 e. The number of ether oxygens (including phenoxy) is 2. The Bertz CT molecular complexity index is 1560. The van der Waals surface area contributed by atoms with Crippen molar-refractivity contribution in [3.63, 3.8) is 0 Å². The Balaban J connectivity index is 1.58. The monoisotopic (exact) mass is 623 g/mol. The van der Waals surface area contributed by atoms with E-state index >= 15 is 0 Å². The summed E-state index contributed by atoms with van der Waals surface area (Å²) < 4.78 is 59.1. The van der Waals surface area contributed by atoms with Crippen LogP contribution in [0.3, 0.4) is 0 Å². The molecule has 1 fully saturated rings. The van der Waals surface area contributed by atoms with Crippen molar-refractivity contribution < 1.29 is 65.5 Å². The molecule has 1 aliphatic heterocycles. The van der Waals surface area contributed by atoms with Gasteiger partial charge in [0, 0.05) is 12.5 Å². The second kappa shape index (κ2) is 11.5. The fourth-order valence-corrected chi connectivity index (χ4v) is 6.77. The first-order valence-electron chi connectivity index (χ1n) is 10.8. The molecule has 0 spiro atoms. The summed E-state index contributed by atoms with van der Waals surface area (Å²) in [5.41, 5.74) is 0.532. The summed E-state index contributed by atoms with van der Waals surface area (Å²) in [4.78, 5) is 73.4. The Morgan fingerprint density at radius 2 is 1.73 bits per heavy atom. The molecular formula is C18H20N5O14P3. The molecule has 5 N–H and O–H groups in total. The van der Waals surface area contributed by atoms with E-state index in [0.717, 1.165) is 13.3 Å². The smallest absolute Gasteiger partial charge is 0.455 e. The summed E-state index contributed by atoms with van der Waals surface area (Å²) in [5, 5.41) is 2.61. The minimum absolute atomic E-state index is 0.0319. The summed E-state index contributed by atoms with van der Waals surface area (Å²) >= 11 is 0. The molecule has 5 atom stereocenters. The number of esters is 1. The Labute approximate surface area is 223 Å². The Morgan fingerprint density at radius 3 is 2.38 bits per heavy atom. The number of nitrogens with zero attached hydrogens (tertiary/aromatic N) is 4. The van der Waals surface area contributed by atoms with Crippen LogP contribution in [0.4, 0.5) is 5.82 Å². The van der Waals surface area contributed by atoms with Crippen LogP contribution < -0.4 is 5.32 Å². The molecule has 0 radical (unpaired) electrons. The first kappa shape index (κ1) is 30.0. The van der Waals surface area contributed by atoms with E-state index in [-0.39, 0.29) is 17.0 Å². The summed E-state index contributed by atoms with van der Waals surface area (Å²) in [6.07, 6.45) is -2.10. The first-order valence-corrected chi connectivity index (χ1v) is 15.3. The Morgan fingerprint density at radius 1 is 1.02 bits per heavy atom. The maximum absolute atomic E-state index is 12.6. The van der Waals surface area contributed by atoms with Gasteiger partial charge in [-0.15, -0.1) is 0 Å². The van der Waals surface area contributed by atoms with Crippen LogP contribution in [0, 0.1) is 0 Å². The van der Waals surface area contributed by atoms with Crippen LogP contribution in [0.5, 0.6) is 0 Å². The number of phosphoric ester groups is 1. The summed E-state index contributed by atoms with van der Waals surface area (Å²) in [6.45, 7) is 0.469. The van der Waals surface area contributed by atoms with Gasteiger partial charge in [0.05, 0.1) is 12.9 Å². The van der Waals surface area contributed by atoms with Crippen molar-refractivity contribution in [1.29, 1.82) is 0 Å². The molecule has 4 rings (SSSR count). The number of carbonyl (C=O) groups excluding carboxylic acids is 2. The quantitative estimate of drug-likeness (QED) is 0.157. The second-order valence-electron chi connectivity index (χ2n) is 7.90. The number of hydrogen-bond acceptors (Lipinski definition) is 13. The highest BCUT2D eigenvalue weighted by Crippen LogP contribution is 2.66. The minimum Gasteiger partial charge on any atom is -0.455 e. The standard InChI is InChI=1S/C18H20N5O14P3/c1-10(24)34-14-12(35-39(29,30)37-40(31,32)36-38(26,27)28)7-33-18(14)23-9-21-13-15(19-8-20-16(13)23)22-17(25)11-5-3-2-4-6-11/h2-6,8-9,12,14,18H,7H2,1H3,(H,29,30)(H,31,32)(H2,26,27,28)(H,19,20,22,25)/t12-,14+,18+/m0/s1. The van der Waals surface area contributed by atoms with Crippen LogP contribution in [0.15, 0.2) is 43.0 Å². The number of phosphoric acid groups is 3. The summed E-state index contributed by atoms with van der Waals surface area (Å²) in [5.74, 6) is -1.33. The molecule has 40 heavy (non-hydrogen) atoms. The van der Waals surface area contributed by atoms with E-state index < -0.39 is 60.4 Å². The van der Waals surface area contributed by atoms with Gasteiger partial charge in [0.1, 0.15) is 12.4 Å². The van der Waals surface area contributed by atoms with Gasteiger partial charge in [-0.25, -0.2) is 28.6 Å². The molecule has 1 amide bonds. The average molecular weight is 623 g/mol. The number of rotatable bonds is 10. The first-order chi connectivity index (χ1) is 18.6. The molecule has 1 saturated heterocycles. The normalized spacial score (nSPS) is 22.4. The summed E-state index contributed by atoms with van der Waals surface area (Å²) in [6, 6.07) is 8.25. The number of anilines is 1. The highest BCUT2D eigenvalue weighted by atomic mass is 31.3. The molecule has 216 valence electrons. The molecular weight excluding hydrogens is 603 g/mol. The SMILES string of the molecule is CC(=O)O[C@@H]1[C@@H](OP(=O)(O)OP(=O)(O)OP(=O)(O)O)CO[C@H]1n1cnc2c(NC(=O)c3ccccc3)ncnc21. The number of nitrogens with one attached hydrogen (secondary N) is 1. The molecule has 22 heteroatoms. The zero-order valence-corrected chi connectivity index (χ0v) is 22.7. The number of fused-ring (bicyclic) bond motifs is 1. The van der Waals surface area contributed by atoms with Crippen molar-refractivity contribution in [1.82, 2.24) is 19.5 Å². The molecule has 0 aliphatic carbocycles. The van der Waals surface area contributed by atoms with Crippen LogP contribution in [0.2, 0.25) is 0 Å². The number of benzene rings is 1. The molecule has 1 aliphatic rings. The van der Waals surface area contributed by atoms with Gasteiger partial charge >= 0.3 is 29.4 Å². The third-order valence-electron chi connectivity index (χ3n) is 4.97. The predicted molar refractivity (Wildman–Crippen MR) is 129 cm³/mol. The van der Waals surface area contributed by atoms with E-state index in [4.69, 9.17) is 23.8 Å². The molecule has 3 heterocycles. The molecule has 2 aromatic heterocycles. The van der Waals surface area contributed by atoms with E-state index in [1.165, 1.54) is 10.9 Å². The van der Waals surface area contributed by atoms with Crippen LogP contribution >= 0.6 is 23.5 Å². The Kier molecular flexibility index (Phi) is 8.65. The van der Waals surface area contributed by atoms with E-state index in [2.05, 4.69) is 28.9 Å². The lowest BCUT2D eigenvalue weighted by atomic mass is 10.2. The molecule has 3 aromatic rings. The van der Waals surface area contributed by atoms with Crippen LogP contribution in [0.1, 0.15) is 23.5 Å². The maximum atomic E-state index is 12.6. The van der Waals surface area contributed by atoms with Crippen LogP contribution in [-0.2, 0) is 41.1 Å². The largest absolute Gasteiger partial charge is 0.490 e. The number of aromatic nitrogens is 4. The van der Waals surface area contributed by atoms with Gasteiger partial charge in [0.25, 0.3) is 5.91 Å². The van der Waals surface area contributed by atoms with Gasteiger partial charge in [-0.2, -0.15) is 8.62 Å². The van der Waals surface area contributed by atoms with Crippen LogP contribution in [0.25, 0.3) is 11.2 Å². The molecule has 19 nitrogen and oxygen atoms in total. The van der Waals surface area contributed by atoms with Crippen molar-refractivity contribution in [3.8, 4) is 0 Å². The molecule has 1 aromatic carbocycles. The van der Waals surface area contributed by atoms with E-state index in [1.807, 2.05) is 0 Å². The number of carbonyl (C=O) groups is 2. The molecule has 0 bridgehead atoms. The highest BCUT2D eigenvalue weighted by molar-refractivity contribution is 7.66. The van der Waals surface area contributed by atoms with Crippen LogP contribution in [-0.4, -0.2) is 69.8 Å². The molecule has 2 unspecified atom stereocenters. The van der Waals surface area contributed by atoms with Crippen molar-refractivity contribution in [2.45, 2.75) is 25.4 Å². The fraction of sp³-hybridized carbons (Fsp3) is 0.278. The Hall–Kier alpha value is -2.92. The third-order valence-corrected chi connectivity index (χ3v) is 8.83. The van der Waals surface area contributed by atoms with Gasteiger partial charge in [-0.3, -0.25) is 18.7 Å². The van der Waals surface area contributed by atoms with E-state index in [1.54, 1.807) is 30.3 Å². The van der Waals surface area contributed by atoms with Crippen molar-refractivity contribution in [2.24, 2.45) is 0 Å². The topological polar surface area (TPSA) is 268 Å². The second-order valence-corrected chi connectivity index (χ2v) is 12.3. The van der Waals surface area contributed by atoms with Crippen molar-refractivity contribution in [2.75, 3.05) is 11.9 Å². The van der Waals surface area contributed by atoms with Gasteiger partial charge in [0.15, 0.2) is 29.3 Å². The van der Waals surface area contributed by atoms with Crippen molar-refractivity contribution >= 4 is 52.3 Å². The lowest BCUT2D eigenvalue weighted by molar-refractivity contribution is -0.155. The van der Waals surface area contributed by atoms with Gasteiger partial charge in [0.2, 0.25) is 0 Å². The predicted octanol–water partition coefficient (Wildman–Crippen LogP) is 1.25. The lowest BCUT2D eigenvalue weighted by Gasteiger charge is -2.24. The number of imidazole rings is 1. The fourth-order valence-electron chi connectivity index (χ4n) is 3.59. The highest BCUT2D eigenvalue weighted by Gasteiger charge is 2.49. The van der Waals surface area contributed by atoms with E-state index in [9.17, 15) is 33.1 Å². The van der Waals surface area contributed by atoms with Gasteiger partial charge < -0.3 is 34.4 Å².